The van der Waals surface area contributed by atoms with E-state index in [1.165, 1.54) is 14.2 Å². The highest BCUT2D eigenvalue weighted by atomic mass is 16.7. The Morgan fingerprint density at radius 3 is 1.46 bits per heavy atom. The van der Waals surface area contributed by atoms with Crippen LogP contribution in [0.4, 0.5) is 0 Å². The standard InChI is InChI=1S/C16H30N2O6/c1-15(2)9-23-13(21-5)8-12(20)18-16(3,4)10-24-14(22-6)7-11(19)17-15/h13-14H,7-10H2,1-6H3,(H,17,19)(H,18,20). The predicted octanol–water partition coefficient (Wildman–Crippen LogP) is 0.548. The molecule has 2 N–H and O–H groups in total. The first-order valence-electron chi connectivity index (χ1n) is 7.98. The second kappa shape index (κ2) is 8.75. The number of carbonyl (C=O) groups is 2. The van der Waals surface area contributed by atoms with Crippen molar-refractivity contribution in [2.45, 2.75) is 64.2 Å². The van der Waals surface area contributed by atoms with Gasteiger partial charge in [0.1, 0.15) is 0 Å². The fourth-order valence-electron chi connectivity index (χ4n) is 2.25. The molecule has 8 nitrogen and oxygen atoms in total. The summed E-state index contributed by atoms with van der Waals surface area (Å²) < 4.78 is 21.7. The topological polar surface area (TPSA) is 95.1 Å². The van der Waals surface area contributed by atoms with E-state index in [2.05, 4.69) is 10.6 Å². The van der Waals surface area contributed by atoms with Gasteiger partial charge in [-0.2, -0.15) is 0 Å². The summed E-state index contributed by atoms with van der Waals surface area (Å²) in [5.74, 6) is -0.411. The van der Waals surface area contributed by atoms with E-state index in [9.17, 15) is 9.59 Å². The van der Waals surface area contributed by atoms with E-state index in [1.54, 1.807) is 0 Å². The molecule has 1 saturated heterocycles. The first-order chi connectivity index (χ1) is 11.1. The van der Waals surface area contributed by atoms with E-state index in [1.807, 2.05) is 27.7 Å². The smallest absolute Gasteiger partial charge is 0.225 e. The Labute approximate surface area is 143 Å². The van der Waals surface area contributed by atoms with E-state index in [4.69, 9.17) is 18.9 Å². The van der Waals surface area contributed by atoms with Crippen LogP contribution in [0.15, 0.2) is 0 Å². The van der Waals surface area contributed by atoms with Crippen LogP contribution in [0, 0.1) is 0 Å². The summed E-state index contributed by atoms with van der Waals surface area (Å²) >= 11 is 0. The van der Waals surface area contributed by atoms with Crippen molar-refractivity contribution < 1.29 is 28.5 Å². The molecule has 8 heteroatoms. The molecule has 0 aromatic heterocycles. The molecule has 1 heterocycles. The minimum atomic E-state index is -0.687. The van der Waals surface area contributed by atoms with Crippen molar-refractivity contribution in [2.75, 3.05) is 27.4 Å². The molecule has 1 aliphatic heterocycles. The van der Waals surface area contributed by atoms with E-state index in [0.29, 0.717) is 0 Å². The fraction of sp³-hybridized carbons (Fsp3) is 0.875. The van der Waals surface area contributed by atoms with Gasteiger partial charge in [0.25, 0.3) is 0 Å². The number of hydrogen-bond acceptors (Lipinski definition) is 6. The Kier molecular flexibility index (Phi) is 7.59. The molecule has 0 saturated carbocycles. The second-order valence-electron chi connectivity index (χ2n) is 7.22. The number of ether oxygens (including phenoxy) is 4. The summed E-state index contributed by atoms with van der Waals surface area (Å²) in [4.78, 5) is 24.3. The van der Waals surface area contributed by atoms with Gasteiger partial charge < -0.3 is 29.6 Å². The second-order valence-corrected chi connectivity index (χ2v) is 7.22. The lowest BCUT2D eigenvalue weighted by Crippen LogP contribution is -2.51. The van der Waals surface area contributed by atoms with Crippen LogP contribution >= 0.6 is 0 Å². The molecule has 0 spiro atoms. The highest BCUT2D eigenvalue weighted by molar-refractivity contribution is 5.77. The van der Waals surface area contributed by atoms with Crippen LogP contribution in [0.3, 0.4) is 0 Å². The van der Waals surface area contributed by atoms with Gasteiger partial charge in [-0.3, -0.25) is 9.59 Å². The molecule has 1 aliphatic rings. The predicted molar refractivity (Wildman–Crippen MR) is 87.2 cm³/mol. The van der Waals surface area contributed by atoms with Gasteiger partial charge in [-0.15, -0.1) is 0 Å². The molecule has 140 valence electrons. The van der Waals surface area contributed by atoms with Gasteiger partial charge in [0.05, 0.1) is 37.1 Å². The Morgan fingerprint density at radius 1 is 0.833 bits per heavy atom. The molecule has 0 aromatic carbocycles. The fourth-order valence-corrected chi connectivity index (χ4v) is 2.25. The lowest BCUT2D eigenvalue weighted by atomic mass is 10.1. The van der Waals surface area contributed by atoms with Gasteiger partial charge in [0.15, 0.2) is 12.6 Å². The zero-order valence-corrected chi connectivity index (χ0v) is 15.4. The SMILES string of the molecule is COC1CC(=O)NC(C)(C)COC(OC)CC(=O)NC(C)(C)CO1. The van der Waals surface area contributed by atoms with Crippen molar-refractivity contribution in [1.29, 1.82) is 0 Å². The zero-order chi connectivity index (χ0) is 18.4. The highest BCUT2D eigenvalue weighted by Gasteiger charge is 2.29. The summed E-state index contributed by atoms with van der Waals surface area (Å²) in [6, 6.07) is 0. The Hall–Kier alpha value is -1.22. The highest BCUT2D eigenvalue weighted by Crippen LogP contribution is 2.13. The third-order valence-electron chi connectivity index (χ3n) is 3.45. The Balaban J connectivity index is 2.88. The number of rotatable bonds is 2. The molecule has 2 unspecified atom stereocenters. The van der Waals surface area contributed by atoms with Crippen LogP contribution in [0.1, 0.15) is 40.5 Å². The van der Waals surface area contributed by atoms with E-state index >= 15 is 0 Å². The van der Waals surface area contributed by atoms with E-state index in [0.717, 1.165) is 0 Å². The van der Waals surface area contributed by atoms with Crippen molar-refractivity contribution in [3.63, 3.8) is 0 Å². The average molecular weight is 346 g/mol. The molecule has 0 bridgehead atoms. The monoisotopic (exact) mass is 346 g/mol. The third kappa shape index (κ3) is 7.57. The van der Waals surface area contributed by atoms with Gasteiger partial charge in [0.2, 0.25) is 11.8 Å². The lowest BCUT2D eigenvalue weighted by Gasteiger charge is -2.32. The van der Waals surface area contributed by atoms with E-state index < -0.39 is 23.7 Å². The molecular weight excluding hydrogens is 316 g/mol. The van der Waals surface area contributed by atoms with Gasteiger partial charge >= 0.3 is 0 Å². The molecule has 0 radical (unpaired) electrons. The number of nitrogens with one attached hydrogen (secondary N) is 2. The van der Waals surface area contributed by atoms with Crippen molar-refractivity contribution in [1.82, 2.24) is 10.6 Å². The maximum Gasteiger partial charge on any atom is 0.225 e. The normalized spacial score (nSPS) is 29.2. The number of methoxy groups -OCH3 is 2. The molecule has 2 atom stereocenters. The van der Waals surface area contributed by atoms with Crippen LogP contribution in [0.2, 0.25) is 0 Å². The molecular formula is C16H30N2O6. The first kappa shape index (κ1) is 20.8. The Morgan fingerprint density at radius 2 is 1.17 bits per heavy atom. The molecule has 0 aliphatic carbocycles. The molecule has 0 aromatic rings. The van der Waals surface area contributed by atoms with Crippen LogP contribution in [0.25, 0.3) is 0 Å². The number of amides is 2. The van der Waals surface area contributed by atoms with Crippen molar-refractivity contribution in [3.05, 3.63) is 0 Å². The largest absolute Gasteiger partial charge is 0.355 e. The van der Waals surface area contributed by atoms with Gasteiger partial charge in [-0.05, 0) is 27.7 Å². The molecule has 1 fully saturated rings. The van der Waals surface area contributed by atoms with Crippen LogP contribution in [-0.2, 0) is 28.5 Å². The lowest BCUT2D eigenvalue weighted by molar-refractivity contribution is -0.166. The van der Waals surface area contributed by atoms with E-state index in [-0.39, 0.29) is 37.9 Å². The van der Waals surface area contributed by atoms with Gasteiger partial charge in [0, 0.05) is 14.2 Å². The first-order valence-corrected chi connectivity index (χ1v) is 7.98. The maximum atomic E-state index is 12.2. The molecule has 1 rings (SSSR count). The number of hydrogen-bond donors (Lipinski definition) is 2. The van der Waals surface area contributed by atoms with Crippen molar-refractivity contribution in [3.8, 4) is 0 Å². The summed E-state index contributed by atoms with van der Waals surface area (Å²) in [7, 11) is 2.95. The van der Waals surface area contributed by atoms with Crippen molar-refractivity contribution >= 4 is 11.8 Å². The molecule has 24 heavy (non-hydrogen) atoms. The quantitative estimate of drug-likeness (QED) is 0.758. The van der Waals surface area contributed by atoms with Gasteiger partial charge in [-0.25, -0.2) is 0 Å². The zero-order valence-electron chi connectivity index (χ0n) is 15.4. The van der Waals surface area contributed by atoms with Gasteiger partial charge in [-0.1, -0.05) is 0 Å². The average Bonchev–Trinajstić information content (AvgIpc) is 2.45. The summed E-state index contributed by atoms with van der Waals surface area (Å²) in [5, 5.41) is 5.74. The summed E-state index contributed by atoms with van der Waals surface area (Å²) in [6.07, 6.45) is -1.27. The minimum Gasteiger partial charge on any atom is -0.355 e. The van der Waals surface area contributed by atoms with Crippen LogP contribution in [-0.4, -0.2) is 62.9 Å². The summed E-state index contributed by atoms with van der Waals surface area (Å²) in [6.45, 7) is 7.72. The molecule has 2 amide bonds. The van der Waals surface area contributed by atoms with Crippen molar-refractivity contribution in [2.24, 2.45) is 0 Å². The van der Waals surface area contributed by atoms with Crippen LogP contribution in [0.5, 0.6) is 0 Å². The minimum absolute atomic E-state index is 0.0532. The third-order valence-corrected chi connectivity index (χ3v) is 3.45. The maximum absolute atomic E-state index is 12.2. The number of carbonyl (C=O) groups excluding carboxylic acids is 2. The Bertz CT molecular complexity index is 398. The summed E-state index contributed by atoms with van der Waals surface area (Å²) in [5.41, 5.74) is -1.24. The van der Waals surface area contributed by atoms with Crippen LogP contribution < -0.4 is 10.6 Å².